The van der Waals surface area contributed by atoms with E-state index in [4.69, 9.17) is 4.74 Å². The molecule has 28 heavy (non-hydrogen) atoms. The number of halogens is 3. The fraction of sp³-hybridized carbons (Fsp3) is 0.474. The number of anilines is 1. The molecule has 150 valence electrons. The number of pyridine rings is 1. The van der Waals surface area contributed by atoms with Gasteiger partial charge in [0.2, 0.25) is 5.91 Å². The van der Waals surface area contributed by atoms with Gasteiger partial charge in [0.25, 0.3) is 5.92 Å². The molecular formula is C19H21F3N4O2. The molecule has 3 rings (SSSR count). The Bertz CT molecular complexity index is 807. The Morgan fingerprint density at radius 1 is 1.29 bits per heavy atom. The summed E-state index contributed by atoms with van der Waals surface area (Å²) in [7, 11) is 0. The number of carbonyl (C=O) groups is 1. The van der Waals surface area contributed by atoms with Crippen molar-refractivity contribution in [2.24, 2.45) is 0 Å². The summed E-state index contributed by atoms with van der Waals surface area (Å²) in [4.78, 5) is 16.3. The largest absolute Gasteiger partial charge is 0.490 e. The molecule has 2 aromatic rings. The van der Waals surface area contributed by atoms with E-state index in [9.17, 15) is 18.0 Å². The molecule has 2 heterocycles. The van der Waals surface area contributed by atoms with Crippen molar-refractivity contribution in [2.45, 2.75) is 57.2 Å². The van der Waals surface area contributed by atoms with E-state index in [0.717, 1.165) is 0 Å². The number of nitrogens with zero attached hydrogens (tertiary/aromatic N) is 3. The van der Waals surface area contributed by atoms with E-state index in [1.165, 1.54) is 13.1 Å². The molecule has 0 saturated heterocycles. The van der Waals surface area contributed by atoms with Crippen LogP contribution in [0.4, 0.5) is 19.0 Å². The van der Waals surface area contributed by atoms with Gasteiger partial charge >= 0.3 is 0 Å². The topological polar surface area (TPSA) is 77.0 Å². The minimum absolute atomic E-state index is 0.0270. The highest BCUT2D eigenvalue weighted by Crippen LogP contribution is 2.39. The minimum Gasteiger partial charge on any atom is -0.490 e. The van der Waals surface area contributed by atoms with Gasteiger partial charge in [0.1, 0.15) is 11.9 Å². The lowest BCUT2D eigenvalue weighted by Crippen LogP contribution is -2.43. The molecule has 1 atom stereocenters. The van der Waals surface area contributed by atoms with Crippen LogP contribution in [-0.2, 0) is 17.6 Å². The fourth-order valence-electron chi connectivity index (χ4n) is 2.77. The molecule has 0 spiro atoms. The number of amides is 1. The molecule has 1 saturated carbocycles. The van der Waals surface area contributed by atoms with E-state index in [-0.39, 0.29) is 31.0 Å². The van der Waals surface area contributed by atoms with Crippen LogP contribution in [0, 0.1) is 0 Å². The van der Waals surface area contributed by atoms with Crippen LogP contribution < -0.4 is 10.1 Å². The summed E-state index contributed by atoms with van der Waals surface area (Å²) in [6.07, 6.45) is 0.248. The smallest absolute Gasteiger partial charge is 0.255 e. The highest BCUT2D eigenvalue weighted by molar-refractivity contribution is 5.91. The van der Waals surface area contributed by atoms with E-state index in [2.05, 4.69) is 20.5 Å². The lowest BCUT2D eigenvalue weighted by molar-refractivity contribution is -0.134. The van der Waals surface area contributed by atoms with Gasteiger partial charge in [-0.2, -0.15) is 5.10 Å². The van der Waals surface area contributed by atoms with Gasteiger partial charge in [-0.1, -0.05) is 0 Å². The van der Waals surface area contributed by atoms with Crippen molar-refractivity contribution in [3.8, 4) is 5.75 Å². The molecule has 1 aliphatic carbocycles. The number of hydrogen-bond acceptors (Lipinski definition) is 5. The number of hydrogen-bond donors (Lipinski definition) is 1. The molecule has 0 bridgehead atoms. The summed E-state index contributed by atoms with van der Waals surface area (Å²) >= 11 is 0. The summed E-state index contributed by atoms with van der Waals surface area (Å²) in [5.41, 5.74) is 1.10. The molecule has 0 aromatic carbocycles. The summed E-state index contributed by atoms with van der Waals surface area (Å²) < 4.78 is 44.1. The third-order valence-electron chi connectivity index (χ3n) is 4.27. The average molecular weight is 394 g/mol. The summed E-state index contributed by atoms with van der Waals surface area (Å²) in [6.45, 7) is 1.48. The molecule has 6 nitrogen and oxygen atoms in total. The number of carbonyl (C=O) groups excluding carboxylic acids is 1. The Kier molecular flexibility index (Phi) is 6.11. The molecular weight excluding hydrogens is 373 g/mol. The quantitative estimate of drug-likeness (QED) is 0.741. The first-order valence-corrected chi connectivity index (χ1v) is 9.05. The maximum absolute atomic E-state index is 12.9. The second kappa shape index (κ2) is 8.53. The van der Waals surface area contributed by atoms with Crippen molar-refractivity contribution in [1.29, 1.82) is 0 Å². The van der Waals surface area contributed by atoms with Gasteiger partial charge in [-0.25, -0.2) is 13.2 Å². The van der Waals surface area contributed by atoms with Crippen LogP contribution in [0.25, 0.3) is 0 Å². The van der Waals surface area contributed by atoms with Gasteiger partial charge in [0.05, 0.1) is 24.0 Å². The van der Waals surface area contributed by atoms with Crippen LogP contribution in [0.3, 0.4) is 0 Å². The standard InChI is InChI=1S/C19H21F3N4O2/c1-12(20)2-3-13-4-5-17(26-25-13)24-18(27)9-14-8-15(6-7-23-14)28-16-10-19(21,22)11-16/h4-8,12,16H,2-3,9-11H2,1H3,(H,24,26,27)/t12-/m1/s1. The van der Waals surface area contributed by atoms with Crippen molar-refractivity contribution in [3.05, 3.63) is 41.9 Å². The lowest BCUT2D eigenvalue weighted by atomic mass is 9.91. The second-order valence-corrected chi connectivity index (χ2v) is 6.94. The number of rotatable bonds is 8. The van der Waals surface area contributed by atoms with Gasteiger partial charge in [0, 0.05) is 25.1 Å². The van der Waals surface area contributed by atoms with Crippen LogP contribution in [0.1, 0.15) is 37.6 Å². The van der Waals surface area contributed by atoms with Crippen molar-refractivity contribution >= 4 is 11.7 Å². The van der Waals surface area contributed by atoms with Crippen LogP contribution in [0.5, 0.6) is 5.75 Å². The summed E-state index contributed by atoms with van der Waals surface area (Å²) in [5.74, 6) is -2.31. The van der Waals surface area contributed by atoms with Crippen LogP contribution in [0.15, 0.2) is 30.5 Å². The molecule has 0 unspecified atom stereocenters. The summed E-state index contributed by atoms with van der Waals surface area (Å²) in [5, 5.41) is 10.5. The van der Waals surface area contributed by atoms with E-state index < -0.39 is 18.2 Å². The fourth-order valence-corrected chi connectivity index (χ4v) is 2.77. The first kappa shape index (κ1) is 20.0. The minimum atomic E-state index is -2.65. The van der Waals surface area contributed by atoms with Crippen LogP contribution in [0.2, 0.25) is 0 Å². The lowest BCUT2D eigenvalue weighted by Gasteiger charge is -2.34. The number of alkyl halides is 3. The first-order valence-electron chi connectivity index (χ1n) is 9.05. The van der Waals surface area contributed by atoms with Gasteiger partial charge in [-0.15, -0.1) is 5.10 Å². The van der Waals surface area contributed by atoms with E-state index in [0.29, 0.717) is 30.0 Å². The molecule has 0 radical (unpaired) electrons. The molecule has 1 aliphatic rings. The number of ether oxygens (including phenoxy) is 1. The number of aryl methyl sites for hydroxylation is 1. The third-order valence-corrected chi connectivity index (χ3v) is 4.27. The molecule has 2 aromatic heterocycles. The monoisotopic (exact) mass is 394 g/mol. The van der Waals surface area contributed by atoms with Gasteiger partial charge in [-0.05, 0) is 38.0 Å². The normalized spacial score (nSPS) is 16.9. The molecule has 9 heteroatoms. The van der Waals surface area contributed by atoms with Gasteiger partial charge in [-0.3, -0.25) is 9.78 Å². The van der Waals surface area contributed by atoms with E-state index >= 15 is 0 Å². The molecule has 1 fully saturated rings. The highest BCUT2D eigenvalue weighted by atomic mass is 19.3. The Labute approximate surface area is 160 Å². The molecule has 1 amide bonds. The van der Waals surface area contributed by atoms with Crippen molar-refractivity contribution < 1.29 is 22.7 Å². The summed E-state index contributed by atoms with van der Waals surface area (Å²) in [6, 6.07) is 6.42. The van der Waals surface area contributed by atoms with Crippen molar-refractivity contribution in [3.63, 3.8) is 0 Å². The Morgan fingerprint density at radius 3 is 2.71 bits per heavy atom. The van der Waals surface area contributed by atoms with Gasteiger partial charge < -0.3 is 10.1 Å². The third kappa shape index (κ3) is 5.90. The predicted molar refractivity (Wildman–Crippen MR) is 96.1 cm³/mol. The van der Waals surface area contributed by atoms with Crippen LogP contribution >= 0.6 is 0 Å². The first-order chi connectivity index (χ1) is 13.3. The maximum Gasteiger partial charge on any atom is 0.255 e. The molecule has 0 aliphatic heterocycles. The maximum atomic E-state index is 12.9. The zero-order valence-corrected chi connectivity index (χ0v) is 15.4. The van der Waals surface area contributed by atoms with Crippen LogP contribution in [-0.4, -0.2) is 39.3 Å². The van der Waals surface area contributed by atoms with Crippen molar-refractivity contribution in [2.75, 3.05) is 5.32 Å². The SMILES string of the molecule is C[C@@H](F)CCc1ccc(NC(=O)Cc2cc(OC3CC(F)(F)C3)ccn2)nn1. The predicted octanol–water partition coefficient (Wildman–Crippen LogP) is 3.52. The highest BCUT2D eigenvalue weighted by Gasteiger charge is 2.47. The van der Waals surface area contributed by atoms with E-state index in [1.54, 1.807) is 24.3 Å². The average Bonchev–Trinajstić information content (AvgIpc) is 2.60. The Hall–Kier alpha value is -2.71. The zero-order valence-electron chi connectivity index (χ0n) is 15.4. The number of aromatic nitrogens is 3. The number of nitrogens with one attached hydrogen (secondary N) is 1. The second-order valence-electron chi connectivity index (χ2n) is 6.94. The Morgan fingerprint density at radius 2 is 2.07 bits per heavy atom. The van der Waals surface area contributed by atoms with Gasteiger partial charge in [0.15, 0.2) is 5.82 Å². The van der Waals surface area contributed by atoms with Crippen molar-refractivity contribution in [1.82, 2.24) is 15.2 Å². The Balaban J connectivity index is 1.50. The molecule has 1 N–H and O–H groups in total. The zero-order chi connectivity index (χ0) is 20.1. The van der Waals surface area contributed by atoms with E-state index in [1.807, 2.05) is 0 Å².